The molecule has 0 aliphatic carbocycles. The lowest BCUT2D eigenvalue weighted by Crippen LogP contribution is -2.40. The lowest BCUT2D eigenvalue weighted by atomic mass is 9.94. The summed E-state index contributed by atoms with van der Waals surface area (Å²) in [7, 11) is 1.57. The Morgan fingerprint density at radius 1 is 1.23 bits per heavy atom. The van der Waals surface area contributed by atoms with Crippen molar-refractivity contribution in [2.45, 2.75) is 37.8 Å². The Bertz CT molecular complexity index is 1710. The third-order valence-corrected chi connectivity index (χ3v) is 8.54. The summed E-state index contributed by atoms with van der Waals surface area (Å²) in [6, 6.07) is 6.38. The summed E-state index contributed by atoms with van der Waals surface area (Å²) in [6.07, 6.45) is 7.20. The van der Waals surface area contributed by atoms with E-state index in [9.17, 15) is 19.8 Å². The number of nitrogens with one attached hydrogen (secondary N) is 1. The van der Waals surface area contributed by atoms with Gasteiger partial charge in [-0.3, -0.25) is 14.6 Å². The predicted molar refractivity (Wildman–Crippen MR) is 162 cm³/mol. The smallest absolute Gasteiger partial charge is 0.277 e. The van der Waals surface area contributed by atoms with Crippen LogP contribution in [0.2, 0.25) is 0 Å². The van der Waals surface area contributed by atoms with E-state index in [0.29, 0.717) is 47.2 Å². The van der Waals surface area contributed by atoms with Crippen molar-refractivity contribution >= 4 is 45.7 Å². The van der Waals surface area contributed by atoms with Crippen molar-refractivity contribution in [1.82, 2.24) is 25.2 Å². The summed E-state index contributed by atoms with van der Waals surface area (Å²) in [4.78, 5) is 34.9. The number of aliphatic hydroxyl groups excluding tert-OH is 1. The number of aliphatic hydroxyl groups is 1. The fourth-order valence-corrected chi connectivity index (χ4v) is 6.06. The number of ether oxygens (including phenoxy) is 1. The van der Waals surface area contributed by atoms with Crippen molar-refractivity contribution in [1.29, 1.82) is 0 Å². The van der Waals surface area contributed by atoms with E-state index >= 15 is 0 Å². The summed E-state index contributed by atoms with van der Waals surface area (Å²) in [6.45, 7) is 4.43. The number of aliphatic imine (C=N–C) groups is 1. The van der Waals surface area contributed by atoms with Crippen LogP contribution in [0, 0.1) is 0 Å². The number of phenols is 1. The van der Waals surface area contributed by atoms with Gasteiger partial charge < -0.3 is 30.1 Å². The van der Waals surface area contributed by atoms with E-state index in [4.69, 9.17) is 16.3 Å². The highest BCUT2D eigenvalue weighted by molar-refractivity contribution is 6.19. The second kappa shape index (κ2) is 11.0. The molecule has 13 heteroatoms. The molecule has 2 amide bonds. The molecule has 3 aliphatic rings. The number of methoxy groups -OCH3 is 1. The number of aromatic hydroxyl groups is 1. The van der Waals surface area contributed by atoms with E-state index < -0.39 is 17.5 Å². The number of anilines is 1. The molecule has 3 aromatic rings. The SMILES string of the molecule is COc1cccc2c(O)cc3c(c12)[C@H](CCl)CN3C(=O)C1CN2C=C(NC(=O)c3cn(C(C)(C)CCO)nn3)C=CC2=N1. The molecule has 0 spiro atoms. The van der Waals surface area contributed by atoms with Gasteiger partial charge in [0.25, 0.3) is 11.8 Å². The number of aromatic nitrogens is 3. The molecule has 0 bridgehead atoms. The van der Waals surface area contributed by atoms with Crippen LogP contribution in [0.25, 0.3) is 10.8 Å². The second-order valence-electron chi connectivity index (χ2n) is 11.4. The fourth-order valence-electron chi connectivity index (χ4n) is 5.81. The number of amidine groups is 1. The van der Waals surface area contributed by atoms with Crippen LogP contribution in [0.4, 0.5) is 5.69 Å². The topological polar surface area (TPSA) is 145 Å². The van der Waals surface area contributed by atoms with Crippen LogP contribution in [-0.4, -0.2) is 86.5 Å². The van der Waals surface area contributed by atoms with Crippen LogP contribution < -0.4 is 15.0 Å². The number of amides is 2. The normalized spacial score (nSPS) is 19.3. The fraction of sp³-hybridized carbons (Fsp3) is 0.367. The Kier molecular flexibility index (Phi) is 7.35. The maximum atomic E-state index is 13.9. The van der Waals surface area contributed by atoms with Crippen molar-refractivity contribution in [3.63, 3.8) is 0 Å². The third kappa shape index (κ3) is 5.00. The van der Waals surface area contributed by atoms with Crippen molar-refractivity contribution in [3.8, 4) is 11.5 Å². The Labute approximate surface area is 252 Å². The predicted octanol–water partition coefficient (Wildman–Crippen LogP) is 2.86. The summed E-state index contributed by atoms with van der Waals surface area (Å²) in [5, 5.41) is 32.4. The number of carbonyl (C=O) groups excluding carboxylic acids is 2. The van der Waals surface area contributed by atoms with Gasteiger partial charge in [0.15, 0.2) is 5.69 Å². The molecule has 6 rings (SSSR count). The molecule has 0 fully saturated rings. The lowest BCUT2D eigenvalue weighted by molar-refractivity contribution is -0.119. The van der Waals surface area contributed by atoms with Crippen LogP contribution in [0.1, 0.15) is 42.2 Å². The van der Waals surface area contributed by atoms with Crippen molar-refractivity contribution in [2.24, 2.45) is 4.99 Å². The minimum Gasteiger partial charge on any atom is -0.507 e. The zero-order valence-electron chi connectivity index (χ0n) is 24.0. The van der Waals surface area contributed by atoms with Crippen molar-refractivity contribution in [2.75, 3.05) is 37.6 Å². The number of carbonyl (C=O) groups is 2. The molecule has 12 nitrogen and oxygen atoms in total. The first-order valence-corrected chi connectivity index (χ1v) is 14.5. The standard InChI is InChI=1S/C30H32ClN7O5/c1-30(2,9-10-39)38-16-20(34-35-38)28(41)32-18-7-8-25-33-21(15-36(25)14-18)29(42)37-13-17(12-31)26-22(37)11-23(40)19-5-4-6-24(43-3)27(19)26/h4-8,11,14,16-17,21,39-40H,9-10,12-13,15H2,1-3H3,(H,32,41)/t17-,21?/m1/s1. The van der Waals surface area contributed by atoms with Gasteiger partial charge >= 0.3 is 0 Å². The minimum atomic E-state index is -0.697. The van der Waals surface area contributed by atoms with E-state index in [1.165, 1.54) is 0 Å². The molecule has 1 unspecified atom stereocenters. The van der Waals surface area contributed by atoms with Crippen LogP contribution >= 0.6 is 11.6 Å². The summed E-state index contributed by atoms with van der Waals surface area (Å²) < 4.78 is 7.17. The van der Waals surface area contributed by atoms with E-state index in [1.54, 1.807) is 47.3 Å². The monoisotopic (exact) mass is 605 g/mol. The first kappa shape index (κ1) is 28.7. The van der Waals surface area contributed by atoms with Gasteiger partial charge in [0.05, 0.1) is 36.8 Å². The molecule has 4 heterocycles. The highest BCUT2D eigenvalue weighted by Crippen LogP contribution is 2.48. The molecule has 1 aromatic heterocycles. The second-order valence-corrected chi connectivity index (χ2v) is 11.7. The van der Waals surface area contributed by atoms with Crippen molar-refractivity contribution < 1.29 is 24.5 Å². The number of allylic oxidation sites excluding steroid dienone is 1. The van der Waals surface area contributed by atoms with Gasteiger partial charge in [-0.1, -0.05) is 17.3 Å². The average Bonchev–Trinajstić information content (AvgIpc) is 3.74. The number of alkyl halides is 1. The van der Waals surface area contributed by atoms with E-state index in [2.05, 4.69) is 20.6 Å². The molecule has 3 aliphatic heterocycles. The number of nitrogens with zero attached hydrogens (tertiary/aromatic N) is 6. The minimum absolute atomic E-state index is 0.0129. The highest BCUT2D eigenvalue weighted by atomic mass is 35.5. The van der Waals surface area contributed by atoms with Crippen molar-refractivity contribution in [3.05, 3.63) is 65.8 Å². The molecule has 3 N–H and O–H groups in total. The van der Waals surface area contributed by atoms with Gasteiger partial charge in [0, 0.05) is 48.0 Å². The summed E-state index contributed by atoms with van der Waals surface area (Å²) >= 11 is 6.39. The molecule has 2 aromatic carbocycles. The van der Waals surface area contributed by atoms with Gasteiger partial charge in [-0.15, -0.1) is 16.7 Å². The Balaban J connectivity index is 1.19. The summed E-state index contributed by atoms with van der Waals surface area (Å²) in [5.41, 5.74) is 1.63. The first-order chi connectivity index (χ1) is 20.6. The average molecular weight is 606 g/mol. The highest BCUT2D eigenvalue weighted by Gasteiger charge is 2.40. The lowest BCUT2D eigenvalue weighted by Gasteiger charge is -2.23. The number of fused-ring (bicyclic) bond motifs is 4. The maximum absolute atomic E-state index is 13.9. The van der Waals surface area contributed by atoms with E-state index in [1.807, 2.05) is 36.9 Å². The van der Waals surface area contributed by atoms with Crippen LogP contribution in [-0.2, 0) is 10.3 Å². The van der Waals surface area contributed by atoms with Gasteiger partial charge in [-0.25, -0.2) is 4.68 Å². The molecule has 2 atom stereocenters. The van der Waals surface area contributed by atoms with Crippen LogP contribution in [0.5, 0.6) is 11.5 Å². The van der Waals surface area contributed by atoms with Crippen LogP contribution in [0.15, 0.2) is 59.5 Å². The van der Waals surface area contributed by atoms with Gasteiger partial charge in [0.1, 0.15) is 23.4 Å². The Morgan fingerprint density at radius 3 is 2.79 bits per heavy atom. The summed E-state index contributed by atoms with van der Waals surface area (Å²) in [5.74, 6) is 0.764. The third-order valence-electron chi connectivity index (χ3n) is 8.17. The Morgan fingerprint density at radius 2 is 2.05 bits per heavy atom. The Hall–Kier alpha value is -4.42. The molecule has 43 heavy (non-hydrogen) atoms. The van der Waals surface area contributed by atoms with Crippen LogP contribution in [0.3, 0.4) is 0 Å². The van der Waals surface area contributed by atoms with Gasteiger partial charge in [0.2, 0.25) is 0 Å². The number of hydrogen-bond acceptors (Lipinski definition) is 9. The number of hydrogen-bond donors (Lipinski definition) is 3. The first-order valence-electron chi connectivity index (χ1n) is 13.9. The van der Waals surface area contributed by atoms with Gasteiger partial charge in [-0.05, 0) is 44.1 Å². The van der Waals surface area contributed by atoms with Gasteiger partial charge in [-0.2, -0.15) is 0 Å². The number of benzene rings is 2. The maximum Gasteiger partial charge on any atom is 0.277 e. The zero-order valence-corrected chi connectivity index (χ0v) is 24.7. The molecular weight excluding hydrogens is 574 g/mol. The number of rotatable bonds is 8. The number of halogens is 1. The number of phenolic OH excluding ortho intramolecular Hbond substituents is 1. The molecular formula is C30H32ClN7O5. The molecule has 0 saturated heterocycles. The quantitative estimate of drug-likeness (QED) is 0.332. The van der Waals surface area contributed by atoms with E-state index in [0.717, 1.165) is 10.9 Å². The molecule has 0 saturated carbocycles. The molecule has 224 valence electrons. The largest absolute Gasteiger partial charge is 0.507 e. The zero-order chi connectivity index (χ0) is 30.5. The molecule has 0 radical (unpaired) electrons. The van der Waals surface area contributed by atoms with E-state index in [-0.39, 0.29) is 36.4 Å².